The van der Waals surface area contributed by atoms with Crippen molar-refractivity contribution in [3.05, 3.63) is 76.6 Å². The Morgan fingerprint density at radius 2 is 1.96 bits per heavy atom. The van der Waals surface area contributed by atoms with Gasteiger partial charge < -0.3 is 4.90 Å². The number of nitrogens with zero attached hydrogens (tertiary/aromatic N) is 4. The molecular formula is C20H19ClN4O. The van der Waals surface area contributed by atoms with Gasteiger partial charge in [-0.25, -0.2) is 4.68 Å². The van der Waals surface area contributed by atoms with Gasteiger partial charge in [0, 0.05) is 24.5 Å². The van der Waals surface area contributed by atoms with Crippen molar-refractivity contribution >= 4 is 17.5 Å². The van der Waals surface area contributed by atoms with Crippen LogP contribution in [-0.4, -0.2) is 32.8 Å². The first-order chi connectivity index (χ1) is 12.6. The maximum atomic E-state index is 13.0. The molecule has 0 saturated heterocycles. The number of benzene rings is 2. The van der Waals surface area contributed by atoms with Crippen LogP contribution in [0.3, 0.4) is 0 Å². The summed E-state index contributed by atoms with van der Waals surface area (Å²) in [6.07, 6.45) is 2.14. The van der Waals surface area contributed by atoms with Gasteiger partial charge in [0.1, 0.15) is 0 Å². The molecule has 0 bridgehead atoms. The van der Waals surface area contributed by atoms with E-state index in [9.17, 15) is 4.79 Å². The van der Waals surface area contributed by atoms with Crippen LogP contribution in [0.4, 0.5) is 0 Å². The van der Waals surface area contributed by atoms with Gasteiger partial charge in [-0.3, -0.25) is 4.79 Å². The van der Waals surface area contributed by atoms with E-state index in [2.05, 4.69) is 10.3 Å². The predicted molar refractivity (Wildman–Crippen MR) is 101 cm³/mol. The number of amides is 1. The van der Waals surface area contributed by atoms with Crippen molar-refractivity contribution in [3.63, 3.8) is 0 Å². The van der Waals surface area contributed by atoms with E-state index in [1.165, 1.54) is 0 Å². The quantitative estimate of drug-likeness (QED) is 0.684. The third-order valence-corrected chi connectivity index (χ3v) is 4.76. The highest BCUT2D eigenvalue weighted by Crippen LogP contribution is 2.42. The van der Waals surface area contributed by atoms with Crippen LogP contribution in [0, 0.1) is 0 Å². The number of para-hydroxylation sites is 1. The molecule has 4 rings (SSSR count). The number of halogens is 1. The minimum absolute atomic E-state index is 0.117. The average molecular weight is 367 g/mol. The van der Waals surface area contributed by atoms with Gasteiger partial charge in [-0.05, 0) is 42.7 Å². The van der Waals surface area contributed by atoms with Crippen molar-refractivity contribution in [2.75, 3.05) is 7.05 Å². The van der Waals surface area contributed by atoms with E-state index in [-0.39, 0.29) is 5.91 Å². The van der Waals surface area contributed by atoms with Gasteiger partial charge in [-0.1, -0.05) is 47.1 Å². The summed E-state index contributed by atoms with van der Waals surface area (Å²) in [6, 6.07) is 17.4. The minimum atomic E-state index is -0.117. The van der Waals surface area contributed by atoms with E-state index in [1.54, 1.807) is 16.6 Å². The highest BCUT2D eigenvalue weighted by atomic mass is 35.5. The van der Waals surface area contributed by atoms with E-state index >= 15 is 0 Å². The fraction of sp³-hybridized carbons (Fsp3) is 0.250. The second-order valence-corrected chi connectivity index (χ2v) is 7.07. The normalized spacial score (nSPS) is 13.6. The van der Waals surface area contributed by atoms with Crippen LogP contribution in [0.25, 0.3) is 5.69 Å². The van der Waals surface area contributed by atoms with Gasteiger partial charge in [0.25, 0.3) is 5.91 Å². The van der Waals surface area contributed by atoms with Crippen molar-refractivity contribution < 1.29 is 4.79 Å². The average Bonchev–Trinajstić information content (AvgIpc) is 3.40. The fourth-order valence-electron chi connectivity index (χ4n) is 3.09. The number of rotatable bonds is 5. The molecule has 1 aromatic heterocycles. The van der Waals surface area contributed by atoms with Crippen LogP contribution >= 0.6 is 11.6 Å². The summed E-state index contributed by atoms with van der Waals surface area (Å²) in [4.78, 5) is 14.7. The van der Waals surface area contributed by atoms with Crippen molar-refractivity contribution in [2.24, 2.45) is 0 Å². The van der Waals surface area contributed by atoms with Gasteiger partial charge >= 0.3 is 0 Å². The molecule has 6 heteroatoms. The molecule has 1 aliphatic rings. The molecule has 1 aliphatic carbocycles. The minimum Gasteiger partial charge on any atom is -0.336 e. The first-order valence-corrected chi connectivity index (χ1v) is 9.02. The predicted octanol–water partition coefficient (Wildman–Crippen LogP) is 4.07. The smallest absolute Gasteiger partial charge is 0.276 e. The molecule has 1 amide bonds. The lowest BCUT2D eigenvalue weighted by molar-refractivity contribution is 0.0778. The highest BCUT2D eigenvalue weighted by molar-refractivity contribution is 6.30. The molecule has 3 aromatic rings. The van der Waals surface area contributed by atoms with Crippen LogP contribution in [0.2, 0.25) is 5.02 Å². The first kappa shape index (κ1) is 16.8. The summed E-state index contributed by atoms with van der Waals surface area (Å²) < 4.78 is 1.80. The maximum absolute atomic E-state index is 13.0. The molecule has 5 nitrogen and oxygen atoms in total. The molecule has 0 atom stereocenters. The Balaban J connectivity index is 1.63. The van der Waals surface area contributed by atoms with Crippen molar-refractivity contribution in [1.82, 2.24) is 19.9 Å². The van der Waals surface area contributed by atoms with Crippen LogP contribution in [0.1, 0.15) is 40.5 Å². The van der Waals surface area contributed by atoms with E-state index in [0.29, 0.717) is 23.2 Å². The molecule has 26 heavy (non-hydrogen) atoms. The largest absolute Gasteiger partial charge is 0.336 e. The van der Waals surface area contributed by atoms with Gasteiger partial charge in [-0.2, -0.15) is 0 Å². The van der Waals surface area contributed by atoms with Crippen LogP contribution < -0.4 is 0 Å². The Kier molecular flexibility index (Phi) is 4.47. The number of hydrogen-bond donors (Lipinski definition) is 0. The van der Waals surface area contributed by atoms with E-state index < -0.39 is 0 Å². The van der Waals surface area contributed by atoms with Gasteiger partial charge in [-0.15, -0.1) is 5.10 Å². The second-order valence-electron chi connectivity index (χ2n) is 6.64. The number of carbonyl (C=O) groups is 1. The SMILES string of the molecule is CN(Cc1cccc(Cl)c1)C(=O)c1nnn(-c2ccccc2)c1C1CC1. The number of carbonyl (C=O) groups excluding carboxylic acids is 1. The van der Waals surface area contributed by atoms with E-state index in [4.69, 9.17) is 11.6 Å². The lowest BCUT2D eigenvalue weighted by Gasteiger charge is -2.17. The summed E-state index contributed by atoms with van der Waals surface area (Å²) in [6.45, 7) is 0.474. The number of hydrogen-bond acceptors (Lipinski definition) is 3. The lowest BCUT2D eigenvalue weighted by Crippen LogP contribution is -2.27. The molecule has 2 aromatic carbocycles. The summed E-state index contributed by atoms with van der Waals surface area (Å²) in [7, 11) is 1.78. The Hall–Kier alpha value is -2.66. The molecule has 0 unspecified atom stereocenters. The molecule has 0 N–H and O–H groups in total. The van der Waals surface area contributed by atoms with Gasteiger partial charge in [0.2, 0.25) is 0 Å². The molecular weight excluding hydrogens is 348 g/mol. The molecule has 0 aliphatic heterocycles. The molecule has 1 fully saturated rings. The molecule has 0 spiro atoms. The summed E-state index contributed by atoms with van der Waals surface area (Å²) in [5.74, 6) is 0.234. The topological polar surface area (TPSA) is 51.0 Å². The van der Waals surface area contributed by atoms with Crippen molar-refractivity contribution in [1.29, 1.82) is 0 Å². The lowest BCUT2D eigenvalue weighted by atomic mass is 10.1. The van der Waals surface area contributed by atoms with Crippen molar-refractivity contribution in [2.45, 2.75) is 25.3 Å². The fourth-order valence-corrected chi connectivity index (χ4v) is 3.30. The highest BCUT2D eigenvalue weighted by Gasteiger charge is 2.35. The van der Waals surface area contributed by atoms with Crippen LogP contribution in [-0.2, 0) is 6.54 Å². The standard InChI is InChI=1S/C20H19ClN4O/c1-24(13-14-6-5-7-16(21)12-14)20(26)18-19(15-10-11-15)25(23-22-18)17-8-3-2-4-9-17/h2-9,12,15H,10-11,13H2,1H3. The third-order valence-electron chi connectivity index (χ3n) is 4.53. The summed E-state index contributed by atoms with van der Waals surface area (Å²) in [5, 5.41) is 9.16. The Bertz CT molecular complexity index is 934. The summed E-state index contributed by atoms with van der Waals surface area (Å²) in [5.41, 5.74) is 3.27. The monoisotopic (exact) mass is 366 g/mol. The van der Waals surface area contributed by atoms with Gasteiger partial charge in [0.05, 0.1) is 11.4 Å². The maximum Gasteiger partial charge on any atom is 0.276 e. The zero-order chi connectivity index (χ0) is 18.1. The molecule has 1 heterocycles. The zero-order valence-corrected chi connectivity index (χ0v) is 15.2. The molecule has 132 valence electrons. The molecule has 1 saturated carbocycles. The van der Waals surface area contributed by atoms with E-state index in [0.717, 1.165) is 29.8 Å². The zero-order valence-electron chi connectivity index (χ0n) is 14.5. The van der Waals surface area contributed by atoms with Crippen LogP contribution in [0.15, 0.2) is 54.6 Å². The molecule has 0 radical (unpaired) electrons. The van der Waals surface area contributed by atoms with Crippen LogP contribution in [0.5, 0.6) is 0 Å². The Morgan fingerprint density at radius 1 is 1.19 bits per heavy atom. The first-order valence-electron chi connectivity index (χ1n) is 8.64. The Labute approximate surface area is 157 Å². The van der Waals surface area contributed by atoms with E-state index in [1.807, 2.05) is 54.6 Å². The summed E-state index contributed by atoms with van der Waals surface area (Å²) >= 11 is 6.04. The second kappa shape index (κ2) is 6.92. The van der Waals surface area contributed by atoms with Gasteiger partial charge in [0.15, 0.2) is 5.69 Å². The third kappa shape index (κ3) is 3.35. The Morgan fingerprint density at radius 3 is 2.65 bits per heavy atom. The number of aromatic nitrogens is 3. The van der Waals surface area contributed by atoms with Crippen molar-refractivity contribution in [3.8, 4) is 5.69 Å².